The van der Waals surface area contributed by atoms with E-state index in [1.807, 2.05) is 0 Å². The molecule has 19 heavy (non-hydrogen) atoms. The van der Waals surface area contributed by atoms with Crippen LogP contribution in [0.1, 0.15) is 46.0 Å². The molecule has 0 heterocycles. The van der Waals surface area contributed by atoms with Crippen LogP contribution >= 0.6 is 0 Å². The van der Waals surface area contributed by atoms with E-state index >= 15 is 0 Å². The lowest BCUT2D eigenvalue weighted by molar-refractivity contribution is -0.144. The van der Waals surface area contributed by atoms with Gasteiger partial charge in [-0.3, -0.25) is 4.79 Å². The average molecular weight is 266 g/mol. The molecule has 0 aromatic carbocycles. The lowest BCUT2D eigenvalue weighted by atomic mass is 9.66. The Hall–Kier alpha value is -1.58. The van der Waals surface area contributed by atoms with Crippen molar-refractivity contribution in [2.24, 2.45) is 11.3 Å². The van der Waals surface area contributed by atoms with Gasteiger partial charge in [0.25, 0.3) is 0 Å². The van der Waals surface area contributed by atoms with Gasteiger partial charge in [0.1, 0.15) is 0 Å². The summed E-state index contributed by atoms with van der Waals surface area (Å²) in [6.07, 6.45) is 9.30. The van der Waals surface area contributed by atoms with Crippen LogP contribution in [-0.2, 0) is 9.59 Å². The Morgan fingerprint density at radius 2 is 1.95 bits per heavy atom. The second kappa shape index (κ2) is 6.55. The van der Waals surface area contributed by atoms with Gasteiger partial charge in [-0.15, -0.1) is 0 Å². The third-order valence-corrected chi connectivity index (χ3v) is 3.91. The number of unbranched alkanes of at least 4 members (excludes halogenated alkanes) is 3. The number of aliphatic carboxylic acids is 2. The largest absolute Gasteiger partial charge is 0.481 e. The van der Waals surface area contributed by atoms with Gasteiger partial charge in [-0.25, -0.2) is 4.79 Å². The molecule has 2 atom stereocenters. The van der Waals surface area contributed by atoms with Gasteiger partial charge in [0.15, 0.2) is 0 Å². The number of carboxylic acid groups (broad SMARTS) is 2. The first kappa shape index (κ1) is 15.5. The molecule has 0 spiro atoms. The van der Waals surface area contributed by atoms with Crippen molar-refractivity contribution in [2.45, 2.75) is 46.0 Å². The molecule has 0 amide bonds. The lowest BCUT2D eigenvalue weighted by Gasteiger charge is -2.36. The summed E-state index contributed by atoms with van der Waals surface area (Å²) >= 11 is 0. The highest BCUT2D eigenvalue weighted by atomic mass is 16.4. The van der Waals surface area contributed by atoms with Crippen LogP contribution in [0.3, 0.4) is 0 Å². The summed E-state index contributed by atoms with van der Waals surface area (Å²) in [5.41, 5.74) is -0.612. The first-order valence-corrected chi connectivity index (χ1v) is 6.78. The molecule has 0 radical (unpaired) electrons. The molecule has 1 rings (SSSR count). The first-order chi connectivity index (χ1) is 8.93. The van der Waals surface area contributed by atoms with Crippen molar-refractivity contribution in [3.63, 3.8) is 0 Å². The van der Waals surface area contributed by atoms with Crippen LogP contribution in [0, 0.1) is 11.3 Å². The summed E-state index contributed by atoms with van der Waals surface area (Å²) in [4.78, 5) is 22.7. The number of hydrogen-bond acceptors (Lipinski definition) is 2. The minimum atomic E-state index is -1.02. The van der Waals surface area contributed by atoms with Gasteiger partial charge in [-0.1, -0.05) is 57.8 Å². The normalized spacial score (nSPS) is 26.0. The summed E-state index contributed by atoms with van der Waals surface area (Å²) in [6.45, 7) is 3.86. The number of carbonyl (C=O) groups is 2. The van der Waals surface area contributed by atoms with Crippen molar-refractivity contribution in [3.8, 4) is 0 Å². The summed E-state index contributed by atoms with van der Waals surface area (Å²) < 4.78 is 0. The fourth-order valence-electron chi connectivity index (χ4n) is 2.71. The maximum absolute atomic E-state index is 11.4. The van der Waals surface area contributed by atoms with Crippen molar-refractivity contribution >= 4 is 11.9 Å². The zero-order valence-corrected chi connectivity index (χ0v) is 11.6. The Labute approximate surface area is 113 Å². The SMILES string of the molecule is CCCCCCC1(C)C(C(=O)O)=CC=CC1C(=O)O. The van der Waals surface area contributed by atoms with E-state index in [-0.39, 0.29) is 5.57 Å². The molecule has 2 unspecified atom stereocenters. The summed E-state index contributed by atoms with van der Waals surface area (Å²) in [6, 6.07) is 0. The quantitative estimate of drug-likeness (QED) is 0.694. The van der Waals surface area contributed by atoms with Crippen LogP contribution in [-0.4, -0.2) is 22.2 Å². The fraction of sp³-hybridized carbons (Fsp3) is 0.600. The van der Waals surface area contributed by atoms with E-state index in [4.69, 9.17) is 0 Å². The van der Waals surface area contributed by atoms with Crippen molar-refractivity contribution in [1.29, 1.82) is 0 Å². The number of rotatable bonds is 7. The van der Waals surface area contributed by atoms with Crippen LogP contribution in [0.25, 0.3) is 0 Å². The number of carboxylic acids is 2. The standard InChI is InChI=1S/C15H22O4/c1-3-4-5-6-10-15(2)11(13(16)17)8-7-9-12(15)14(18)19/h7-9,11H,3-6,10H2,1-2H3,(H,16,17)(H,18,19). The van der Waals surface area contributed by atoms with Crippen LogP contribution in [0.5, 0.6) is 0 Å². The molecule has 0 aliphatic heterocycles. The molecule has 1 aliphatic carbocycles. The maximum Gasteiger partial charge on any atom is 0.332 e. The Bertz CT molecular complexity index is 408. The minimum absolute atomic E-state index is 0.207. The van der Waals surface area contributed by atoms with Crippen molar-refractivity contribution in [2.75, 3.05) is 0 Å². The summed E-state index contributed by atoms with van der Waals surface area (Å²) in [5, 5.41) is 18.6. The van der Waals surface area contributed by atoms with Crippen LogP contribution < -0.4 is 0 Å². The molecule has 2 N–H and O–H groups in total. The molecular weight excluding hydrogens is 244 g/mol. The Morgan fingerprint density at radius 3 is 2.47 bits per heavy atom. The van der Waals surface area contributed by atoms with E-state index in [2.05, 4.69) is 6.92 Å². The van der Waals surface area contributed by atoms with Crippen molar-refractivity contribution in [3.05, 3.63) is 23.8 Å². The van der Waals surface area contributed by atoms with Crippen LogP contribution in [0.2, 0.25) is 0 Å². The van der Waals surface area contributed by atoms with Gasteiger partial charge in [-0.2, -0.15) is 0 Å². The van der Waals surface area contributed by atoms with Gasteiger partial charge < -0.3 is 10.2 Å². The van der Waals surface area contributed by atoms with Crippen molar-refractivity contribution < 1.29 is 19.8 Å². The number of allylic oxidation sites excluding steroid dienone is 2. The Kier molecular flexibility index (Phi) is 5.33. The average Bonchev–Trinajstić information content (AvgIpc) is 2.34. The van der Waals surface area contributed by atoms with Crippen LogP contribution in [0.4, 0.5) is 0 Å². The predicted molar refractivity (Wildman–Crippen MR) is 72.9 cm³/mol. The van der Waals surface area contributed by atoms with E-state index in [1.165, 1.54) is 12.2 Å². The minimum Gasteiger partial charge on any atom is -0.481 e. The molecule has 0 aromatic heterocycles. The maximum atomic E-state index is 11.4. The topological polar surface area (TPSA) is 74.6 Å². The van der Waals surface area contributed by atoms with Crippen molar-refractivity contribution in [1.82, 2.24) is 0 Å². The molecule has 0 fully saturated rings. The highest BCUT2D eigenvalue weighted by Gasteiger charge is 2.44. The highest BCUT2D eigenvalue weighted by Crippen LogP contribution is 2.43. The zero-order chi connectivity index (χ0) is 14.5. The van der Waals surface area contributed by atoms with E-state index in [0.717, 1.165) is 25.7 Å². The van der Waals surface area contributed by atoms with Gasteiger partial charge in [0.2, 0.25) is 0 Å². The van der Waals surface area contributed by atoms with E-state index in [9.17, 15) is 19.8 Å². The van der Waals surface area contributed by atoms with Gasteiger partial charge in [0, 0.05) is 11.0 Å². The highest BCUT2D eigenvalue weighted by molar-refractivity contribution is 5.91. The van der Waals surface area contributed by atoms with Gasteiger partial charge >= 0.3 is 11.9 Å². The zero-order valence-electron chi connectivity index (χ0n) is 11.6. The Balaban J connectivity index is 2.92. The fourth-order valence-corrected chi connectivity index (χ4v) is 2.71. The molecule has 0 bridgehead atoms. The molecule has 4 heteroatoms. The molecule has 0 aromatic rings. The van der Waals surface area contributed by atoms with Gasteiger partial charge in [0.05, 0.1) is 5.92 Å². The second-order valence-corrected chi connectivity index (χ2v) is 5.31. The first-order valence-electron chi connectivity index (χ1n) is 6.78. The third-order valence-electron chi connectivity index (χ3n) is 3.91. The molecular formula is C15H22O4. The molecule has 4 nitrogen and oxygen atoms in total. The monoisotopic (exact) mass is 266 g/mol. The van der Waals surface area contributed by atoms with E-state index in [1.54, 1.807) is 13.0 Å². The lowest BCUT2D eigenvalue weighted by Crippen LogP contribution is -2.38. The second-order valence-electron chi connectivity index (χ2n) is 5.31. The molecule has 106 valence electrons. The van der Waals surface area contributed by atoms with E-state index in [0.29, 0.717) is 6.42 Å². The van der Waals surface area contributed by atoms with E-state index < -0.39 is 23.3 Å². The van der Waals surface area contributed by atoms with Crippen LogP contribution in [0.15, 0.2) is 23.8 Å². The molecule has 1 aliphatic rings. The summed E-state index contributed by atoms with van der Waals surface area (Å²) in [7, 11) is 0. The van der Waals surface area contributed by atoms with Gasteiger partial charge in [-0.05, 0) is 6.42 Å². The molecule has 0 saturated carbocycles. The number of hydrogen-bond donors (Lipinski definition) is 2. The molecule has 0 saturated heterocycles. The third kappa shape index (κ3) is 3.46. The smallest absolute Gasteiger partial charge is 0.332 e. The Morgan fingerprint density at radius 1 is 1.26 bits per heavy atom. The summed E-state index contributed by atoms with van der Waals surface area (Å²) in [5.74, 6) is -2.74. The predicted octanol–water partition coefficient (Wildman–Crippen LogP) is 3.24.